The zero-order chi connectivity index (χ0) is 14.4. The molecule has 0 atom stereocenters. The monoisotopic (exact) mass is 277 g/mol. The summed E-state index contributed by atoms with van der Waals surface area (Å²) in [5, 5.41) is 0.906. The average Bonchev–Trinajstić information content (AvgIpc) is 2.95. The SMILES string of the molecule is Cc1ccc2nc(-c3ccc4c(c3)COC4)nc(N)c2c1. The third-order valence-corrected chi connectivity index (χ3v) is 3.86. The van der Waals surface area contributed by atoms with Gasteiger partial charge in [0.15, 0.2) is 5.82 Å². The number of fused-ring (bicyclic) bond motifs is 2. The van der Waals surface area contributed by atoms with Gasteiger partial charge in [-0.2, -0.15) is 0 Å². The fraction of sp³-hybridized carbons (Fsp3) is 0.176. The summed E-state index contributed by atoms with van der Waals surface area (Å²) in [6.07, 6.45) is 0. The van der Waals surface area contributed by atoms with Crippen LogP contribution in [-0.2, 0) is 18.0 Å². The molecule has 1 aliphatic heterocycles. The highest BCUT2D eigenvalue weighted by molar-refractivity contribution is 5.90. The maximum Gasteiger partial charge on any atom is 0.162 e. The Labute approximate surface area is 122 Å². The second-order valence-corrected chi connectivity index (χ2v) is 5.43. The number of aryl methyl sites for hydroxylation is 1. The molecule has 0 spiro atoms. The molecular weight excluding hydrogens is 262 g/mol. The number of anilines is 1. The van der Waals surface area contributed by atoms with E-state index in [0.717, 1.165) is 22.0 Å². The zero-order valence-corrected chi connectivity index (χ0v) is 11.8. The van der Waals surface area contributed by atoms with E-state index in [9.17, 15) is 0 Å². The maximum absolute atomic E-state index is 6.10. The lowest BCUT2D eigenvalue weighted by Gasteiger charge is -2.07. The van der Waals surface area contributed by atoms with E-state index in [0.29, 0.717) is 24.9 Å². The second kappa shape index (κ2) is 4.53. The van der Waals surface area contributed by atoms with Crippen molar-refractivity contribution in [1.82, 2.24) is 9.97 Å². The minimum atomic E-state index is 0.524. The quantitative estimate of drug-likeness (QED) is 0.742. The van der Waals surface area contributed by atoms with E-state index in [4.69, 9.17) is 10.5 Å². The number of nitrogens with two attached hydrogens (primary N) is 1. The van der Waals surface area contributed by atoms with Crippen LogP contribution >= 0.6 is 0 Å². The molecule has 0 saturated heterocycles. The van der Waals surface area contributed by atoms with Crippen LogP contribution in [-0.4, -0.2) is 9.97 Å². The van der Waals surface area contributed by atoms with Crippen molar-refractivity contribution in [1.29, 1.82) is 0 Å². The van der Waals surface area contributed by atoms with Gasteiger partial charge in [0.25, 0.3) is 0 Å². The Hall–Kier alpha value is -2.46. The van der Waals surface area contributed by atoms with Gasteiger partial charge in [-0.15, -0.1) is 0 Å². The van der Waals surface area contributed by atoms with Gasteiger partial charge in [0, 0.05) is 10.9 Å². The number of benzene rings is 2. The van der Waals surface area contributed by atoms with E-state index in [1.54, 1.807) is 0 Å². The Morgan fingerprint density at radius 1 is 1.00 bits per heavy atom. The molecule has 0 fully saturated rings. The number of ether oxygens (including phenoxy) is 1. The summed E-state index contributed by atoms with van der Waals surface area (Å²) in [4.78, 5) is 9.10. The summed E-state index contributed by atoms with van der Waals surface area (Å²) in [5.74, 6) is 1.19. The van der Waals surface area contributed by atoms with Crippen LogP contribution in [0.25, 0.3) is 22.3 Å². The summed E-state index contributed by atoms with van der Waals surface area (Å²) >= 11 is 0. The fourth-order valence-electron chi connectivity index (χ4n) is 2.71. The van der Waals surface area contributed by atoms with Crippen LogP contribution in [0.4, 0.5) is 5.82 Å². The normalized spacial score (nSPS) is 13.6. The highest BCUT2D eigenvalue weighted by atomic mass is 16.5. The zero-order valence-electron chi connectivity index (χ0n) is 11.8. The Morgan fingerprint density at radius 3 is 2.76 bits per heavy atom. The van der Waals surface area contributed by atoms with Gasteiger partial charge in [0.2, 0.25) is 0 Å². The van der Waals surface area contributed by atoms with Crippen molar-refractivity contribution in [3.8, 4) is 11.4 Å². The van der Waals surface area contributed by atoms with Crippen LogP contribution in [0.1, 0.15) is 16.7 Å². The topological polar surface area (TPSA) is 61.0 Å². The molecule has 3 aromatic rings. The first-order chi connectivity index (χ1) is 10.2. The van der Waals surface area contributed by atoms with E-state index in [1.807, 2.05) is 31.2 Å². The Balaban J connectivity index is 1.89. The molecule has 4 rings (SSSR count). The standard InChI is InChI=1S/C17H15N3O/c1-10-2-5-15-14(6-10)16(18)20-17(19-15)11-3-4-12-8-21-9-13(12)7-11/h2-7H,8-9H2,1H3,(H2,18,19,20). The van der Waals surface area contributed by atoms with Crippen LogP contribution in [0.5, 0.6) is 0 Å². The van der Waals surface area contributed by atoms with E-state index in [1.165, 1.54) is 11.1 Å². The molecule has 1 aromatic heterocycles. The summed E-state index contributed by atoms with van der Waals surface area (Å²) in [7, 11) is 0. The van der Waals surface area contributed by atoms with Crippen molar-refractivity contribution in [2.45, 2.75) is 20.1 Å². The van der Waals surface area contributed by atoms with Gasteiger partial charge in [-0.1, -0.05) is 23.8 Å². The number of nitrogen functional groups attached to an aromatic ring is 1. The van der Waals surface area contributed by atoms with Crippen LogP contribution in [0.15, 0.2) is 36.4 Å². The molecule has 0 bridgehead atoms. The molecule has 1 aliphatic rings. The van der Waals surface area contributed by atoms with Crippen LogP contribution < -0.4 is 5.73 Å². The lowest BCUT2D eigenvalue weighted by atomic mass is 10.1. The molecule has 4 nitrogen and oxygen atoms in total. The fourth-order valence-corrected chi connectivity index (χ4v) is 2.71. The van der Waals surface area contributed by atoms with Gasteiger partial charge >= 0.3 is 0 Å². The molecule has 2 heterocycles. The van der Waals surface area contributed by atoms with Crippen molar-refractivity contribution in [2.24, 2.45) is 0 Å². The summed E-state index contributed by atoms with van der Waals surface area (Å²) < 4.78 is 5.45. The number of hydrogen-bond acceptors (Lipinski definition) is 4. The van der Waals surface area contributed by atoms with Gasteiger partial charge in [0.05, 0.1) is 18.7 Å². The van der Waals surface area contributed by atoms with Gasteiger partial charge in [-0.3, -0.25) is 0 Å². The van der Waals surface area contributed by atoms with E-state index < -0.39 is 0 Å². The Kier molecular flexibility index (Phi) is 2.65. The molecule has 0 amide bonds. The summed E-state index contributed by atoms with van der Waals surface area (Å²) in [6.45, 7) is 3.38. The van der Waals surface area contributed by atoms with E-state index >= 15 is 0 Å². The van der Waals surface area contributed by atoms with Crippen molar-refractivity contribution in [3.05, 3.63) is 53.1 Å². The first-order valence-electron chi connectivity index (χ1n) is 6.94. The molecule has 0 unspecified atom stereocenters. The molecule has 4 heteroatoms. The molecule has 21 heavy (non-hydrogen) atoms. The number of aromatic nitrogens is 2. The molecule has 0 saturated carbocycles. The number of rotatable bonds is 1. The highest BCUT2D eigenvalue weighted by Gasteiger charge is 2.14. The molecule has 104 valence electrons. The van der Waals surface area contributed by atoms with Crippen LogP contribution in [0.2, 0.25) is 0 Å². The Morgan fingerprint density at radius 2 is 1.86 bits per heavy atom. The first kappa shape index (κ1) is 12.3. The predicted molar refractivity (Wildman–Crippen MR) is 82.6 cm³/mol. The summed E-state index contributed by atoms with van der Waals surface area (Å²) in [6, 6.07) is 12.2. The molecule has 2 N–H and O–H groups in total. The smallest absolute Gasteiger partial charge is 0.162 e. The van der Waals surface area contributed by atoms with Crippen LogP contribution in [0.3, 0.4) is 0 Å². The molecule has 0 aliphatic carbocycles. The van der Waals surface area contributed by atoms with E-state index in [-0.39, 0.29) is 0 Å². The van der Waals surface area contributed by atoms with Gasteiger partial charge in [-0.25, -0.2) is 9.97 Å². The highest BCUT2D eigenvalue weighted by Crippen LogP contribution is 2.28. The minimum absolute atomic E-state index is 0.524. The third kappa shape index (κ3) is 2.04. The van der Waals surface area contributed by atoms with Crippen molar-refractivity contribution in [2.75, 3.05) is 5.73 Å². The van der Waals surface area contributed by atoms with Gasteiger partial charge in [-0.05, 0) is 36.2 Å². The Bertz CT molecular complexity index is 858. The predicted octanol–water partition coefficient (Wildman–Crippen LogP) is 3.22. The second-order valence-electron chi connectivity index (χ2n) is 5.43. The molecular formula is C17H15N3O. The van der Waals surface area contributed by atoms with Gasteiger partial charge in [0.1, 0.15) is 5.82 Å². The van der Waals surface area contributed by atoms with Gasteiger partial charge < -0.3 is 10.5 Å². The average molecular weight is 277 g/mol. The van der Waals surface area contributed by atoms with Crippen molar-refractivity contribution in [3.63, 3.8) is 0 Å². The van der Waals surface area contributed by atoms with Crippen molar-refractivity contribution >= 4 is 16.7 Å². The molecule has 2 aromatic carbocycles. The minimum Gasteiger partial charge on any atom is -0.383 e. The maximum atomic E-state index is 6.10. The largest absolute Gasteiger partial charge is 0.383 e. The lowest BCUT2D eigenvalue weighted by Crippen LogP contribution is -1.98. The molecule has 0 radical (unpaired) electrons. The summed E-state index contributed by atoms with van der Waals surface area (Å²) in [5.41, 5.74) is 11.6. The number of nitrogens with zero attached hydrogens (tertiary/aromatic N) is 2. The number of hydrogen-bond donors (Lipinski definition) is 1. The van der Waals surface area contributed by atoms with Crippen LogP contribution in [0, 0.1) is 6.92 Å². The lowest BCUT2D eigenvalue weighted by molar-refractivity contribution is 0.134. The van der Waals surface area contributed by atoms with E-state index in [2.05, 4.69) is 22.1 Å². The van der Waals surface area contributed by atoms with Crippen molar-refractivity contribution < 1.29 is 4.74 Å². The first-order valence-corrected chi connectivity index (χ1v) is 6.94. The third-order valence-electron chi connectivity index (χ3n) is 3.86.